The molecule has 7 nitrogen and oxygen atoms in total. The second-order valence-corrected chi connectivity index (χ2v) is 6.90. The van der Waals surface area contributed by atoms with Crippen LogP contribution in [-0.4, -0.2) is 30.9 Å². The summed E-state index contributed by atoms with van der Waals surface area (Å²) in [5.74, 6) is -0.117. The highest BCUT2D eigenvalue weighted by atomic mass is 16.1. The molecule has 0 spiro atoms. The van der Waals surface area contributed by atoms with Gasteiger partial charge in [0.25, 0.3) is 5.91 Å². The second kappa shape index (κ2) is 5.98. The number of hydrogen-bond acceptors (Lipinski definition) is 4. The first-order valence-corrected chi connectivity index (χ1v) is 8.72. The van der Waals surface area contributed by atoms with Gasteiger partial charge in [0.15, 0.2) is 5.65 Å². The summed E-state index contributed by atoms with van der Waals surface area (Å²) in [5.41, 5.74) is 5.59. The Labute approximate surface area is 145 Å². The van der Waals surface area contributed by atoms with Gasteiger partial charge in [-0.05, 0) is 51.7 Å². The van der Waals surface area contributed by atoms with E-state index < -0.39 is 0 Å². The number of carbonyl (C=O) groups is 1. The van der Waals surface area contributed by atoms with Crippen LogP contribution in [0, 0.1) is 6.92 Å². The summed E-state index contributed by atoms with van der Waals surface area (Å²) in [5, 5.41) is 15.6. The van der Waals surface area contributed by atoms with E-state index in [1.807, 2.05) is 31.5 Å². The molecule has 4 rings (SSSR count). The predicted molar refractivity (Wildman–Crippen MR) is 94.4 cm³/mol. The molecule has 0 saturated heterocycles. The fourth-order valence-corrected chi connectivity index (χ4v) is 3.50. The number of aryl methyl sites for hydroxylation is 2. The van der Waals surface area contributed by atoms with Crippen molar-refractivity contribution in [2.24, 2.45) is 0 Å². The topological polar surface area (TPSA) is 88.5 Å². The van der Waals surface area contributed by atoms with Crippen molar-refractivity contribution in [3.8, 4) is 0 Å². The van der Waals surface area contributed by atoms with E-state index in [-0.39, 0.29) is 11.9 Å². The second-order valence-electron chi connectivity index (χ2n) is 6.90. The van der Waals surface area contributed by atoms with E-state index in [9.17, 15) is 4.79 Å². The van der Waals surface area contributed by atoms with Gasteiger partial charge < -0.3 is 5.32 Å². The van der Waals surface area contributed by atoms with Gasteiger partial charge in [-0.15, -0.1) is 0 Å². The van der Waals surface area contributed by atoms with Crippen LogP contribution in [0.1, 0.15) is 59.3 Å². The Kier molecular flexibility index (Phi) is 3.78. The van der Waals surface area contributed by atoms with Gasteiger partial charge in [0.05, 0.1) is 29.4 Å². The standard InChI is InChI=1S/C18H22N6O/c1-10(2)24-17-14(8-20-24)13(7-11(3)21-17)18(25)19-9-16-12-5-4-6-15(12)22-23-16/h7-8,10H,4-6,9H2,1-3H3,(H,19,25)(H,22,23). The van der Waals surface area contributed by atoms with E-state index >= 15 is 0 Å². The number of carbonyl (C=O) groups excluding carboxylic acids is 1. The van der Waals surface area contributed by atoms with E-state index in [0.717, 1.165) is 41.7 Å². The molecule has 0 bridgehead atoms. The van der Waals surface area contributed by atoms with Gasteiger partial charge in [-0.25, -0.2) is 9.67 Å². The number of H-pyrrole nitrogens is 1. The van der Waals surface area contributed by atoms with Gasteiger partial charge in [-0.1, -0.05) is 0 Å². The first-order chi connectivity index (χ1) is 12.0. The molecule has 2 N–H and O–H groups in total. The Morgan fingerprint density at radius 2 is 2.24 bits per heavy atom. The molecule has 3 aromatic heterocycles. The SMILES string of the molecule is Cc1cc(C(=O)NCc2n[nH]c3c2CCC3)c2cnn(C(C)C)c2n1. The molecule has 0 radical (unpaired) electrons. The van der Waals surface area contributed by atoms with Crippen molar-refractivity contribution in [1.29, 1.82) is 0 Å². The maximum atomic E-state index is 12.8. The van der Waals surface area contributed by atoms with Crippen LogP contribution in [0.15, 0.2) is 12.3 Å². The third-order valence-electron chi connectivity index (χ3n) is 4.74. The molecule has 7 heteroatoms. The maximum Gasteiger partial charge on any atom is 0.252 e. The number of rotatable bonds is 4. The number of aromatic nitrogens is 5. The number of nitrogens with zero attached hydrogens (tertiary/aromatic N) is 4. The van der Waals surface area contributed by atoms with E-state index in [1.54, 1.807) is 6.20 Å². The Morgan fingerprint density at radius 3 is 3.04 bits per heavy atom. The number of hydrogen-bond donors (Lipinski definition) is 2. The van der Waals surface area contributed by atoms with Crippen molar-refractivity contribution in [2.75, 3.05) is 0 Å². The zero-order valence-corrected chi connectivity index (χ0v) is 14.8. The van der Waals surface area contributed by atoms with Gasteiger partial charge in [0.2, 0.25) is 0 Å². The Bertz CT molecular complexity index is 952. The molecule has 3 heterocycles. The van der Waals surface area contributed by atoms with Crippen molar-refractivity contribution in [3.63, 3.8) is 0 Å². The van der Waals surface area contributed by atoms with Gasteiger partial charge in [-0.2, -0.15) is 10.2 Å². The summed E-state index contributed by atoms with van der Waals surface area (Å²) in [6.07, 6.45) is 4.97. The summed E-state index contributed by atoms with van der Waals surface area (Å²) in [6.45, 7) is 6.43. The molecule has 25 heavy (non-hydrogen) atoms. The van der Waals surface area contributed by atoms with Crippen LogP contribution in [0.2, 0.25) is 0 Å². The number of amides is 1. The molecule has 1 amide bonds. The first kappa shape index (κ1) is 15.8. The van der Waals surface area contributed by atoms with E-state index in [0.29, 0.717) is 12.1 Å². The smallest absolute Gasteiger partial charge is 0.252 e. The maximum absolute atomic E-state index is 12.8. The zero-order valence-electron chi connectivity index (χ0n) is 14.8. The first-order valence-electron chi connectivity index (χ1n) is 8.72. The normalized spacial score (nSPS) is 13.6. The van der Waals surface area contributed by atoms with Crippen molar-refractivity contribution in [3.05, 3.63) is 40.5 Å². The Morgan fingerprint density at radius 1 is 1.40 bits per heavy atom. The van der Waals surface area contributed by atoms with Crippen molar-refractivity contribution >= 4 is 16.9 Å². The van der Waals surface area contributed by atoms with Crippen LogP contribution in [0.4, 0.5) is 0 Å². The minimum Gasteiger partial charge on any atom is -0.346 e. The molecule has 1 aliphatic rings. The van der Waals surface area contributed by atoms with Gasteiger partial charge in [0.1, 0.15) is 0 Å². The van der Waals surface area contributed by atoms with E-state index in [1.165, 1.54) is 11.3 Å². The Hall–Kier alpha value is -2.70. The van der Waals surface area contributed by atoms with Gasteiger partial charge >= 0.3 is 0 Å². The predicted octanol–water partition coefficient (Wildman–Crippen LogP) is 2.46. The molecule has 0 saturated carbocycles. The molecule has 0 atom stereocenters. The number of nitrogens with one attached hydrogen (secondary N) is 2. The highest BCUT2D eigenvalue weighted by molar-refractivity contribution is 6.05. The van der Waals surface area contributed by atoms with Crippen LogP contribution in [-0.2, 0) is 19.4 Å². The molecule has 3 aromatic rings. The minimum atomic E-state index is -0.117. The molecular weight excluding hydrogens is 316 g/mol. The van der Waals surface area contributed by atoms with Crippen LogP contribution < -0.4 is 5.32 Å². The number of aromatic amines is 1. The molecular formula is C18H22N6O. The van der Waals surface area contributed by atoms with Crippen LogP contribution >= 0.6 is 0 Å². The van der Waals surface area contributed by atoms with Crippen molar-refractivity contribution < 1.29 is 4.79 Å². The van der Waals surface area contributed by atoms with Crippen molar-refractivity contribution in [1.82, 2.24) is 30.3 Å². The largest absolute Gasteiger partial charge is 0.346 e. The highest BCUT2D eigenvalue weighted by Crippen LogP contribution is 2.23. The summed E-state index contributed by atoms with van der Waals surface area (Å²) in [7, 11) is 0. The average Bonchev–Trinajstić information content (AvgIpc) is 3.27. The summed E-state index contributed by atoms with van der Waals surface area (Å²) < 4.78 is 1.85. The molecule has 1 aliphatic carbocycles. The van der Waals surface area contributed by atoms with E-state index in [4.69, 9.17) is 0 Å². The summed E-state index contributed by atoms with van der Waals surface area (Å²) >= 11 is 0. The minimum absolute atomic E-state index is 0.117. The van der Waals surface area contributed by atoms with Crippen LogP contribution in [0.5, 0.6) is 0 Å². The molecule has 0 aromatic carbocycles. The monoisotopic (exact) mass is 338 g/mol. The average molecular weight is 338 g/mol. The molecule has 0 unspecified atom stereocenters. The van der Waals surface area contributed by atoms with Crippen LogP contribution in [0.3, 0.4) is 0 Å². The highest BCUT2D eigenvalue weighted by Gasteiger charge is 2.20. The lowest BCUT2D eigenvalue weighted by Crippen LogP contribution is -2.24. The van der Waals surface area contributed by atoms with Gasteiger partial charge in [0, 0.05) is 17.4 Å². The number of pyridine rings is 1. The molecule has 0 fully saturated rings. The summed E-state index contributed by atoms with van der Waals surface area (Å²) in [4.78, 5) is 17.3. The Balaban J connectivity index is 1.61. The van der Waals surface area contributed by atoms with Gasteiger partial charge in [-0.3, -0.25) is 9.89 Å². The lowest BCUT2D eigenvalue weighted by Gasteiger charge is -2.09. The quantitative estimate of drug-likeness (QED) is 0.765. The molecule has 0 aliphatic heterocycles. The van der Waals surface area contributed by atoms with Crippen LogP contribution in [0.25, 0.3) is 11.0 Å². The third kappa shape index (κ3) is 2.69. The molecule has 130 valence electrons. The third-order valence-corrected chi connectivity index (χ3v) is 4.74. The summed E-state index contributed by atoms with van der Waals surface area (Å²) in [6, 6.07) is 2.01. The zero-order chi connectivity index (χ0) is 17.6. The lowest BCUT2D eigenvalue weighted by molar-refractivity contribution is 0.0952. The number of fused-ring (bicyclic) bond motifs is 2. The fraction of sp³-hybridized carbons (Fsp3) is 0.444. The van der Waals surface area contributed by atoms with Crippen molar-refractivity contribution in [2.45, 2.75) is 52.6 Å². The van der Waals surface area contributed by atoms with E-state index in [2.05, 4.69) is 25.6 Å². The lowest BCUT2D eigenvalue weighted by atomic mass is 10.1. The fourth-order valence-electron chi connectivity index (χ4n) is 3.50.